The highest BCUT2D eigenvalue weighted by atomic mass is 32.2. The van der Waals surface area contributed by atoms with E-state index in [4.69, 9.17) is 0 Å². The largest absolute Gasteiger partial charge is 0.480 e. The predicted octanol–water partition coefficient (Wildman–Crippen LogP) is 2.56. The summed E-state index contributed by atoms with van der Waals surface area (Å²) in [5.41, 5.74) is 0.474. The molecule has 1 saturated heterocycles. The highest BCUT2D eigenvalue weighted by Gasteiger charge is 2.38. The summed E-state index contributed by atoms with van der Waals surface area (Å²) in [6, 6.07) is -0.983. The van der Waals surface area contributed by atoms with E-state index in [-0.39, 0.29) is 6.03 Å². The maximum Gasteiger partial charge on any atom is 0.326 e. The second kappa shape index (κ2) is 7.38. The molecule has 0 aromatic heterocycles. The summed E-state index contributed by atoms with van der Waals surface area (Å²) < 4.78 is 0. The van der Waals surface area contributed by atoms with Crippen LogP contribution in [0.2, 0.25) is 0 Å². The zero-order valence-corrected chi connectivity index (χ0v) is 13.6. The van der Waals surface area contributed by atoms with Crippen LogP contribution in [0.15, 0.2) is 0 Å². The Kier molecular flexibility index (Phi) is 5.79. The van der Waals surface area contributed by atoms with Crippen LogP contribution in [0.5, 0.6) is 0 Å². The third-order valence-electron chi connectivity index (χ3n) is 4.98. The summed E-state index contributed by atoms with van der Waals surface area (Å²) in [6.45, 7) is 1.53. The molecular formula is C15H26N2O3S. The average Bonchev–Trinajstić information content (AvgIpc) is 2.92. The highest BCUT2D eigenvalue weighted by molar-refractivity contribution is 7.98. The zero-order valence-electron chi connectivity index (χ0n) is 12.8. The first-order valence-corrected chi connectivity index (χ1v) is 9.23. The first-order chi connectivity index (χ1) is 10.1. The fourth-order valence-corrected chi connectivity index (χ4v) is 4.01. The number of rotatable bonds is 5. The molecule has 120 valence electrons. The molecule has 1 aliphatic heterocycles. The number of thioether (sulfide) groups is 1. The van der Waals surface area contributed by atoms with Crippen molar-refractivity contribution in [2.24, 2.45) is 5.41 Å². The molecule has 0 aromatic rings. The number of likely N-dealkylation sites (tertiary alicyclic amines) is 1. The predicted molar refractivity (Wildman–Crippen MR) is 84.7 cm³/mol. The SMILES string of the molecule is CSCC[C@@H](NC(=O)N1CCC2(CCCC2)CC1)C(=O)O. The van der Waals surface area contributed by atoms with Gasteiger partial charge in [-0.25, -0.2) is 9.59 Å². The summed E-state index contributed by atoms with van der Waals surface area (Å²) in [5, 5.41) is 11.8. The normalized spacial score (nSPS) is 22.2. The molecule has 0 aromatic carbocycles. The Labute approximate surface area is 130 Å². The van der Waals surface area contributed by atoms with E-state index in [1.165, 1.54) is 25.7 Å². The van der Waals surface area contributed by atoms with Crippen LogP contribution < -0.4 is 5.32 Å². The lowest BCUT2D eigenvalue weighted by atomic mass is 9.77. The van der Waals surface area contributed by atoms with Gasteiger partial charge in [0.2, 0.25) is 0 Å². The molecule has 5 nitrogen and oxygen atoms in total. The third kappa shape index (κ3) is 4.28. The van der Waals surface area contributed by atoms with Gasteiger partial charge in [-0.05, 0) is 49.5 Å². The number of piperidine rings is 1. The third-order valence-corrected chi connectivity index (χ3v) is 5.63. The number of nitrogens with zero attached hydrogens (tertiary/aromatic N) is 1. The molecule has 0 bridgehead atoms. The molecule has 0 radical (unpaired) electrons. The van der Waals surface area contributed by atoms with E-state index >= 15 is 0 Å². The van der Waals surface area contributed by atoms with Crippen LogP contribution in [0.4, 0.5) is 4.79 Å². The Balaban J connectivity index is 1.81. The number of carboxylic acids is 1. The van der Waals surface area contributed by atoms with Crippen LogP contribution in [-0.4, -0.2) is 53.1 Å². The Morgan fingerprint density at radius 2 is 1.86 bits per heavy atom. The standard InChI is InChI=1S/C15H26N2O3S/c1-21-11-4-12(13(18)19)16-14(20)17-9-7-15(8-10-17)5-2-3-6-15/h12H,2-11H2,1H3,(H,16,20)(H,18,19)/t12-/m1/s1. The number of nitrogens with one attached hydrogen (secondary N) is 1. The van der Waals surface area contributed by atoms with Gasteiger partial charge in [0.1, 0.15) is 6.04 Å². The van der Waals surface area contributed by atoms with Crippen molar-refractivity contribution in [2.45, 2.75) is 51.0 Å². The smallest absolute Gasteiger partial charge is 0.326 e. The minimum atomic E-state index is -0.943. The van der Waals surface area contributed by atoms with E-state index in [1.807, 2.05) is 6.26 Å². The van der Waals surface area contributed by atoms with Crippen LogP contribution >= 0.6 is 11.8 Å². The van der Waals surface area contributed by atoms with Gasteiger partial charge in [0.05, 0.1) is 0 Å². The van der Waals surface area contributed by atoms with Crippen molar-refractivity contribution in [1.82, 2.24) is 10.2 Å². The molecule has 1 saturated carbocycles. The molecule has 0 unspecified atom stereocenters. The Bertz CT molecular complexity index is 373. The molecule has 1 atom stereocenters. The Hall–Kier alpha value is -0.910. The molecule has 1 aliphatic carbocycles. The molecule has 1 spiro atoms. The van der Waals surface area contributed by atoms with Crippen LogP contribution in [-0.2, 0) is 4.79 Å². The van der Waals surface area contributed by atoms with E-state index in [0.717, 1.165) is 31.7 Å². The van der Waals surface area contributed by atoms with Crippen LogP contribution in [0.3, 0.4) is 0 Å². The lowest BCUT2D eigenvalue weighted by Crippen LogP contribution is -2.51. The molecule has 2 fully saturated rings. The highest BCUT2D eigenvalue weighted by Crippen LogP contribution is 2.46. The average molecular weight is 314 g/mol. The minimum absolute atomic E-state index is 0.212. The van der Waals surface area contributed by atoms with E-state index < -0.39 is 12.0 Å². The summed E-state index contributed by atoms with van der Waals surface area (Å²) in [4.78, 5) is 25.2. The van der Waals surface area contributed by atoms with Crippen LogP contribution in [0.25, 0.3) is 0 Å². The first kappa shape index (κ1) is 16.5. The van der Waals surface area contributed by atoms with Crippen molar-refractivity contribution < 1.29 is 14.7 Å². The van der Waals surface area contributed by atoms with Gasteiger partial charge >= 0.3 is 12.0 Å². The van der Waals surface area contributed by atoms with Crippen LogP contribution in [0.1, 0.15) is 44.9 Å². The molecule has 2 amide bonds. The van der Waals surface area contributed by atoms with Crippen molar-refractivity contribution in [2.75, 3.05) is 25.1 Å². The maximum atomic E-state index is 12.2. The van der Waals surface area contributed by atoms with Gasteiger partial charge in [0.15, 0.2) is 0 Å². The van der Waals surface area contributed by atoms with Gasteiger partial charge in [-0.2, -0.15) is 11.8 Å². The number of hydrogen-bond acceptors (Lipinski definition) is 3. The van der Waals surface area contributed by atoms with E-state index in [2.05, 4.69) is 5.32 Å². The number of carbonyl (C=O) groups is 2. The quantitative estimate of drug-likeness (QED) is 0.818. The van der Waals surface area contributed by atoms with Crippen molar-refractivity contribution in [3.05, 3.63) is 0 Å². The van der Waals surface area contributed by atoms with Crippen molar-refractivity contribution >= 4 is 23.8 Å². The summed E-state index contributed by atoms with van der Waals surface area (Å²) in [5.74, 6) is -0.206. The molecule has 2 aliphatic rings. The van der Waals surface area contributed by atoms with Gasteiger partial charge in [-0.1, -0.05) is 12.8 Å². The Morgan fingerprint density at radius 1 is 1.24 bits per heavy atom. The van der Waals surface area contributed by atoms with E-state index in [9.17, 15) is 14.7 Å². The number of urea groups is 1. The lowest BCUT2D eigenvalue weighted by Gasteiger charge is -2.39. The van der Waals surface area contributed by atoms with Crippen LogP contribution in [0, 0.1) is 5.41 Å². The Morgan fingerprint density at radius 3 is 2.38 bits per heavy atom. The van der Waals surface area contributed by atoms with Gasteiger partial charge in [0, 0.05) is 13.1 Å². The second-order valence-corrected chi connectivity index (χ2v) is 7.30. The van der Waals surface area contributed by atoms with Crippen molar-refractivity contribution in [3.63, 3.8) is 0 Å². The monoisotopic (exact) mass is 314 g/mol. The van der Waals surface area contributed by atoms with Gasteiger partial charge < -0.3 is 15.3 Å². The lowest BCUT2D eigenvalue weighted by molar-refractivity contribution is -0.139. The van der Waals surface area contributed by atoms with Crippen molar-refractivity contribution in [1.29, 1.82) is 0 Å². The first-order valence-electron chi connectivity index (χ1n) is 7.83. The fraction of sp³-hybridized carbons (Fsp3) is 0.867. The summed E-state index contributed by atoms with van der Waals surface area (Å²) >= 11 is 1.59. The number of hydrogen-bond donors (Lipinski definition) is 2. The molecule has 2 N–H and O–H groups in total. The maximum absolute atomic E-state index is 12.2. The fourth-order valence-electron chi connectivity index (χ4n) is 3.54. The number of amides is 2. The van der Waals surface area contributed by atoms with Gasteiger partial charge in [-0.15, -0.1) is 0 Å². The molecular weight excluding hydrogens is 288 g/mol. The second-order valence-electron chi connectivity index (χ2n) is 6.32. The number of aliphatic carboxylic acids is 1. The zero-order chi connectivity index (χ0) is 15.3. The summed E-state index contributed by atoms with van der Waals surface area (Å²) in [6.07, 6.45) is 9.80. The molecule has 6 heteroatoms. The summed E-state index contributed by atoms with van der Waals surface area (Å²) in [7, 11) is 0. The van der Waals surface area contributed by atoms with E-state index in [1.54, 1.807) is 16.7 Å². The minimum Gasteiger partial charge on any atom is -0.480 e. The van der Waals surface area contributed by atoms with E-state index in [0.29, 0.717) is 11.8 Å². The molecule has 1 heterocycles. The molecule has 2 rings (SSSR count). The molecule has 21 heavy (non-hydrogen) atoms. The van der Waals surface area contributed by atoms with Gasteiger partial charge in [0.25, 0.3) is 0 Å². The van der Waals surface area contributed by atoms with Gasteiger partial charge in [-0.3, -0.25) is 0 Å². The topological polar surface area (TPSA) is 69.6 Å². The number of carboxylic acid groups (broad SMARTS) is 1. The number of carbonyl (C=O) groups excluding carboxylic acids is 1. The van der Waals surface area contributed by atoms with Crippen molar-refractivity contribution in [3.8, 4) is 0 Å².